The van der Waals surface area contributed by atoms with Crippen LogP contribution in [0.15, 0.2) is 36.8 Å². The molecule has 0 fully saturated rings. The molecule has 2 aromatic rings. The van der Waals surface area contributed by atoms with Crippen molar-refractivity contribution in [2.24, 2.45) is 11.7 Å². The lowest BCUT2D eigenvalue weighted by atomic mass is 9.98. The van der Waals surface area contributed by atoms with Gasteiger partial charge in [0, 0.05) is 24.7 Å². The van der Waals surface area contributed by atoms with Crippen molar-refractivity contribution >= 4 is 35.5 Å². The Bertz CT molecular complexity index is 1080. The molecular weight excluding hydrogens is 524 g/mol. The van der Waals surface area contributed by atoms with Gasteiger partial charge in [0.15, 0.2) is 0 Å². The van der Waals surface area contributed by atoms with Crippen LogP contribution in [0.2, 0.25) is 0 Å². The summed E-state index contributed by atoms with van der Waals surface area (Å²) < 4.78 is 0. The van der Waals surface area contributed by atoms with Crippen LogP contribution in [0.5, 0.6) is 5.75 Å². The molecule has 3 amide bonds. The molecule has 1 aromatic heterocycles. The normalized spacial score (nSPS) is 14.9. The quantitative estimate of drug-likeness (QED) is 0.153. The highest BCUT2D eigenvalue weighted by Crippen LogP contribution is 2.13. The van der Waals surface area contributed by atoms with Crippen molar-refractivity contribution in [3.63, 3.8) is 0 Å². The van der Waals surface area contributed by atoms with Crippen LogP contribution in [0.1, 0.15) is 37.9 Å². The zero-order valence-corrected chi connectivity index (χ0v) is 23.2. The summed E-state index contributed by atoms with van der Waals surface area (Å²) in [6.07, 6.45) is 5.87. The topological polar surface area (TPSA) is 200 Å². The van der Waals surface area contributed by atoms with Gasteiger partial charge in [0.1, 0.15) is 23.9 Å². The monoisotopic (exact) mass is 562 g/mol. The maximum Gasteiger partial charge on any atom is 0.326 e. The Morgan fingerprint density at radius 1 is 1.03 bits per heavy atom. The third-order valence-corrected chi connectivity index (χ3v) is 7.01. The summed E-state index contributed by atoms with van der Waals surface area (Å²) >= 11 is 1.55. The van der Waals surface area contributed by atoms with Crippen LogP contribution in [0, 0.1) is 5.92 Å². The van der Waals surface area contributed by atoms with Gasteiger partial charge in [-0.1, -0.05) is 32.4 Å². The number of carboxylic acids is 1. The Hall–Kier alpha value is -3.58. The number of aromatic nitrogens is 2. The maximum atomic E-state index is 13.5. The number of phenolic OH excluding ortho intramolecular Hbond substituents is 1. The summed E-state index contributed by atoms with van der Waals surface area (Å²) in [5, 5.41) is 27.2. The number of nitrogens with one attached hydrogen (secondary N) is 4. The Morgan fingerprint density at radius 2 is 1.64 bits per heavy atom. The van der Waals surface area contributed by atoms with E-state index < -0.39 is 47.9 Å². The summed E-state index contributed by atoms with van der Waals surface area (Å²) in [4.78, 5) is 58.2. The van der Waals surface area contributed by atoms with E-state index in [9.17, 15) is 29.4 Å². The molecule has 0 saturated carbocycles. The predicted octanol–water partition coefficient (Wildman–Crippen LogP) is 0.566. The first-order chi connectivity index (χ1) is 18.5. The van der Waals surface area contributed by atoms with Crippen molar-refractivity contribution in [1.82, 2.24) is 25.9 Å². The standard InChI is InChI=1S/C26H38N6O6S/c1-4-15(2)22(26(37)38)32-25(36)20(11-16-5-7-18(33)8-6-16)31-24(35)21(12-17-13-28-14-29-17)30-23(34)19(27)9-10-39-3/h5-8,13-15,19-22,33H,4,9-12,27H2,1-3H3,(H,28,29)(H,30,34)(H,31,35)(H,32,36)(H,37,38). The number of carbonyl (C=O) groups excluding carboxylic acids is 3. The molecule has 0 radical (unpaired) electrons. The van der Waals surface area contributed by atoms with Gasteiger partial charge >= 0.3 is 5.97 Å². The van der Waals surface area contributed by atoms with Gasteiger partial charge < -0.3 is 36.9 Å². The molecule has 0 aliphatic heterocycles. The molecule has 1 heterocycles. The van der Waals surface area contributed by atoms with E-state index in [1.165, 1.54) is 24.7 Å². The largest absolute Gasteiger partial charge is 0.508 e. The number of rotatable bonds is 16. The number of hydrogen-bond acceptors (Lipinski definition) is 8. The second-order valence-corrected chi connectivity index (χ2v) is 10.4. The van der Waals surface area contributed by atoms with Gasteiger partial charge in [-0.3, -0.25) is 14.4 Å². The van der Waals surface area contributed by atoms with Crippen LogP contribution in [0.25, 0.3) is 0 Å². The van der Waals surface area contributed by atoms with E-state index in [0.29, 0.717) is 29.9 Å². The first kappa shape index (κ1) is 31.6. The zero-order chi connectivity index (χ0) is 28.9. The van der Waals surface area contributed by atoms with Crippen LogP contribution in [-0.4, -0.2) is 80.0 Å². The molecule has 0 aliphatic carbocycles. The highest BCUT2D eigenvalue weighted by molar-refractivity contribution is 7.98. The molecular formula is C26H38N6O6S. The number of thioether (sulfide) groups is 1. The van der Waals surface area contributed by atoms with Crippen LogP contribution in [-0.2, 0) is 32.0 Å². The predicted molar refractivity (Wildman–Crippen MR) is 148 cm³/mol. The number of aliphatic carboxylic acids is 1. The number of nitrogens with zero attached hydrogens (tertiary/aromatic N) is 1. The van der Waals surface area contributed by atoms with Crippen LogP contribution in [0.3, 0.4) is 0 Å². The number of aromatic amines is 1. The lowest BCUT2D eigenvalue weighted by Crippen LogP contribution is -2.58. The number of H-pyrrole nitrogens is 1. The van der Waals surface area contributed by atoms with Crippen molar-refractivity contribution in [2.45, 2.75) is 63.7 Å². The smallest absolute Gasteiger partial charge is 0.326 e. The molecule has 0 spiro atoms. The second-order valence-electron chi connectivity index (χ2n) is 9.37. The van der Waals surface area contributed by atoms with Crippen LogP contribution >= 0.6 is 11.8 Å². The molecule has 5 unspecified atom stereocenters. The van der Waals surface area contributed by atoms with Crippen molar-refractivity contribution < 1.29 is 29.4 Å². The first-order valence-electron chi connectivity index (χ1n) is 12.7. The van der Waals surface area contributed by atoms with E-state index in [0.717, 1.165) is 0 Å². The number of carboxylic acid groups (broad SMARTS) is 1. The number of phenols is 1. The number of imidazole rings is 1. The fourth-order valence-electron chi connectivity index (χ4n) is 3.77. The van der Waals surface area contributed by atoms with Gasteiger partial charge in [-0.25, -0.2) is 9.78 Å². The average molecular weight is 563 g/mol. The maximum absolute atomic E-state index is 13.5. The Kier molecular flexibility index (Phi) is 12.8. The minimum absolute atomic E-state index is 0.0165. The van der Waals surface area contributed by atoms with Gasteiger partial charge in [-0.05, 0) is 42.0 Å². The Morgan fingerprint density at radius 3 is 2.21 bits per heavy atom. The highest BCUT2D eigenvalue weighted by Gasteiger charge is 2.32. The van der Waals surface area contributed by atoms with Gasteiger partial charge in [0.25, 0.3) is 0 Å². The number of nitrogens with two attached hydrogens (primary N) is 1. The van der Waals surface area contributed by atoms with Gasteiger partial charge in [-0.2, -0.15) is 11.8 Å². The summed E-state index contributed by atoms with van der Waals surface area (Å²) in [6.45, 7) is 3.53. The SMILES string of the molecule is CCC(C)C(NC(=O)C(Cc1ccc(O)cc1)NC(=O)C(Cc1cnc[nH]1)NC(=O)C(N)CCSC)C(=O)O. The molecule has 8 N–H and O–H groups in total. The molecule has 39 heavy (non-hydrogen) atoms. The lowest BCUT2D eigenvalue weighted by Gasteiger charge is -2.26. The fraction of sp³-hybridized carbons (Fsp3) is 0.500. The number of carbonyl (C=O) groups is 4. The van der Waals surface area contributed by atoms with E-state index in [1.807, 2.05) is 13.2 Å². The molecule has 2 rings (SSSR count). The van der Waals surface area contributed by atoms with Gasteiger partial charge in [0.2, 0.25) is 17.7 Å². The third-order valence-electron chi connectivity index (χ3n) is 6.37. The summed E-state index contributed by atoms with van der Waals surface area (Å²) in [5.41, 5.74) is 7.20. The summed E-state index contributed by atoms with van der Waals surface area (Å²) in [7, 11) is 0. The van der Waals surface area contributed by atoms with E-state index >= 15 is 0 Å². The lowest BCUT2D eigenvalue weighted by molar-refractivity contribution is -0.143. The molecule has 5 atom stereocenters. The average Bonchev–Trinajstić information content (AvgIpc) is 3.43. The van der Waals surface area contributed by atoms with Crippen molar-refractivity contribution in [3.05, 3.63) is 48.0 Å². The molecule has 0 saturated heterocycles. The molecule has 12 nitrogen and oxygen atoms in total. The molecule has 1 aromatic carbocycles. The summed E-state index contributed by atoms with van der Waals surface area (Å²) in [6, 6.07) is 1.86. The Labute approximate surface area is 231 Å². The van der Waals surface area contributed by atoms with Crippen molar-refractivity contribution in [3.8, 4) is 5.75 Å². The molecule has 0 bridgehead atoms. The summed E-state index contributed by atoms with van der Waals surface area (Å²) in [5.74, 6) is -2.68. The van der Waals surface area contributed by atoms with Crippen LogP contribution in [0.4, 0.5) is 0 Å². The van der Waals surface area contributed by atoms with Gasteiger partial charge in [0.05, 0.1) is 12.4 Å². The number of amides is 3. The highest BCUT2D eigenvalue weighted by atomic mass is 32.2. The van der Waals surface area contributed by atoms with Crippen LogP contribution < -0.4 is 21.7 Å². The number of benzene rings is 1. The number of hydrogen-bond donors (Lipinski definition) is 7. The van der Waals surface area contributed by atoms with Crippen molar-refractivity contribution in [1.29, 1.82) is 0 Å². The minimum Gasteiger partial charge on any atom is -0.508 e. The third kappa shape index (κ3) is 10.2. The number of aromatic hydroxyl groups is 1. The Balaban J connectivity index is 2.29. The first-order valence-corrected chi connectivity index (χ1v) is 14.1. The van der Waals surface area contributed by atoms with E-state index in [-0.39, 0.29) is 24.5 Å². The minimum atomic E-state index is -1.18. The molecule has 13 heteroatoms. The second kappa shape index (κ2) is 15.7. The zero-order valence-electron chi connectivity index (χ0n) is 22.3. The van der Waals surface area contributed by atoms with Gasteiger partial charge in [-0.15, -0.1) is 0 Å². The molecule has 214 valence electrons. The van der Waals surface area contributed by atoms with Crippen molar-refractivity contribution in [2.75, 3.05) is 12.0 Å². The molecule has 0 aliphatic rings. The van der Waals surface area contributed by atoms with E-state index in [4.69, 9.17) is 5.73 Å². The van der Waals surface area contributed by atoms with E-state index in [1.54, 1.807) is 30.8 Å². The van der Waals surface area contributed by atoms with E-state index in [2.05, 4.69) is 25.9 Å². The fourth-order valence-corrected chi connectivity index (χ4v) is 4.26.